The number of ether oxygens (including phenoxy) is 1. The molecule has 3 nitrogen and oxygen atoms in total. The van der Waals surface area contributed by atoms with Crippen molar-refractivity contribution in [3.63, 3.8) is 0 Å². The fraction of sp³-hybridized carbons (Fsp3) is 1.00. The van der Waals surface area contributed by atoms with Crippen LogP contribution < -0.4 is 5.32 Å². The minimum atomic E-state index is -0.365. The van der Waals surface area contributed by atoms with Gasteiger partial charge in [-0.1, -0.05) is 13.8 Å². The van der Waals surface area contributed by atoms with Crippen LogP contribution in [0.5, 0.6) is 0 Å². The average molecular weight is 173 g/mol. The lowest BCUT2D eigenvalue weighted by Crippen LogP contribution is -2.52. The number of hydrogen-bond donors (Lipinski definition) is 2. The molecule has 0 radical (unpaired) electrons. The van der Waals surface area contributed by atoms with Gasteiger partial charge in [-0.3, -0.25) is 0 Å². The molecule has 0 aliphatic carbocycles. The molecular formula is C9H19NO2. The van der Waals surface area contributed by atoms with Crippen LogP contribution in [0.2, 0.25) is 0 Å². The number of hydrogen-bond acceptors (Lipinski definition) is 3. The standard InChI is InChI=1S/C9H19NO2/c1-7(2)4-10-9(3)6-12-5-8(9)11/h7-8,10-11H,4-6H2,1-3H3/t8-,9+/m0/s1. The molecule has 0 bridgehead atoms. The van der Waals surface area contributed by atoms with Crippen molar-refractivity contribution in [2.45, 2.75) is 32.4 Å². The molecule has 1 saturated heterocycles. The Hall–Kier alpha value is -0.120. The van der Waals surface area contributed by atoms with E-state index in [1.807, 2.05) is 6.92 Å². The van der Waals surface area contributed by atoms with Gasteiger partial charge in [-0.25, -0.2) is 0 Å². The van der Waals surface area contributed by atoms with Crippen LogP contribution >= 0.6 is 0 Å². The van der Waals surface area contributed by atoms with E-state index in [4.69, 9.17) is 4.74 Å². The van der Waals surface area contributed by atoms with Gasteiger partial charge in [0, 0.05) is 0 Å². The molecule has 1 heterocycles. The van der Waals surface area contributed by atoms with Gasteiger partial charge in [0.25, 0.3) is 0 Å². The summed E-state index contributed by atoms with van der Waals surface area (Å²) in [4.78, 5) is 0. The van der Waals surface area contributed by atoms with E-state index in [0.717, 1.165) is 6.54 Å². The molecule has 0 aromatic carbocycles. The van der Waals surface area contributed by atoms with E-state index in [2.05, 4.69) is 19.2 Å². The van der Waals surface area contributed by atoms with E-state index in [1.165, 1.54) is 0 Å². The molecule has 2 atom stereocenters. The highest BCUT2D eigenvalue weighted by molar-refractivity contribution is 4.94. The van der Waals surface area contributed by atoms with E-state index in [1.54, 1.807) is 0 Å². The Morgan fingerprint density at radius 2 is 2.33 bits per heavy atom. The van der Waals surface area contributed by atoms with Gasteiger partial charge in [-0.15, -0.1) is 0 Å². The maximum Gasteiger partial charge on any atom is 0.0974 e. The van der Waals surface area contributed by atoms with Crippen LogP contribution in [-0.4, -0.2) is 36.5 Å². The van der Waals surface area contributed by atoms with Crippen molar-refractivity contribution in [1.82, 2.24) is 5.32 Å². The summed E-state index contributed by atoms with van der Waals surface area (Å²) in [5.74, 6) is 0.606. The molecule has 0 aromatic rings. The Kier molecular flexibility index (Phi) is 3.09. The van der Waals surface area contributed by atoms with Crippen molar-refractivity contribution in [3.05, 3.63) is 0 Å². The zero-order chi connectivity index (χ0) is 9.19. The Bertz CT molecular complexity index is 149. The maximum absolute atomic E-state index is 9.57. The highest BCUT2D eigenvalue weighted by Crippen LogP contribution is 2.18. The van der Waals surface area contributed by atoms with E-state index in [-0.39, 0.29) is 11.6 Å². The summed E-state index contributed by atoms with van der Waals surface area (Å²) in [7, 11) is 0. The van der Waals surface area contributed by atoms with Crippen LogP contribution in [0, 0.1) is 5.92 Å². The third-order valence-corrected chi connectivity index (χ3v) is 2.33. The van der Waals surface area contributed by atoms with Gasteiger partial charge in [0.15, 0.2) is 0 Å². The van der Waals surface area contributed by atoms with Gasteiger partial charge in [0.05, 0.1) is 24.9 Å². The first-order valence-electron chi connectivity index (χ1n) is 4.55. The van der Waals surface area contributed by atoms with Crippen LogP contribution in [0.4, 0.5) is 0 Å². The highest BCUT2D eigenvalue weighted by atomic mass is 16.5. The van der Waals surface area contributed by atoms with Gasteiger partial charge >= 0.3 is 0 Å². The van der Waals surface area contributed by atoms with Gasteiger partial charge in [0.1, 0.15) is 0 Å². The van der Waals surface area contributed by atoms with Crippen LogP contribution in [0.3, 0.4) is 0 Å². The second-order valence-electron chi connectivity index (χ2n) is 4.22. The van der Waals surface area contributed by atoms with Gasteiger partial charge in [0.2, 0.25) is 0 Å². The zero-order valence-electron chi connectivity index (χ0n) is 8.13. The van der Waals surface area contributed by atoms with Crippen molar-refractivity contribution >= 4 is 0 Å². The first-order chi connectivity index (χ1) is 5.54. The van der Waals surface area contributed by atoms with Crippen LogP contribution in [0.1, 0.15) is 20.8 Å². The molecule has 0 saturated carbocycles. The number of rotatable bonds is 3. The Morgan fingerprint density at radius 3 is 2.75 bits per heavy atom. The second-order valence-corrected chi connectivity index (χ2v) is 4.22. The van der Waals surface area contributed by atoms with Crippen LogP contribution in [-0.2, 0) is 4.74 Å². The maximum atomic E-state index is 9.57. The summed E-state index contributed by atoms with van der Waals surface area (Å²) in [6.07, 6.45) is -0.365. The summed E-state index contributed by atoms with van der Waals surface area (Å²) in [5, 5.41) is 12.9. The quantitative estimate of drug-likeness (QED) is 0.648. The lowest BCUT2D eigenvalue weighted by Gasteiger charge is -2.28. The Balaban J connectivity index is 2.37. The molecule has 1 aliphatic rings. The van der Waals surface area contributed by atoms with E-state index >= 15 is 0 Å². The molecule has 12 heavy (non-hydrogen) atoms. The first-order valence-corrected chi connectivity index (χ1v) is 4.55. The minimum absolute atomic E-state index is 0.232. The summed E-state index contributed by atoms with van der Waals surface area (Å²) >= 11 is 0. The van der Waals surface area contributed by atoms with Crippen molar-refractivity contribution in [1.29, 1.82) is 0 Å². The summed E-state index contributed by atoms with van der Waals surface area (Å²) < 4.78 is 5.19. The summed E-state index contributed by atoms with van der Waals surface area (Å²) in [6.45, 7) is 8.31. The molecule has 3 heteroatoms. The predicted molar refractivity (Wildman–Crippen MR) is 48.1 cm³/mol. The molecule has 0 amide bonds. The molecule has 0 aromatic heterocycles. The third-order valence-electron chi connectivity index (χ3n) is 2.33. The SMILES string of the molecule is CC(C)CN[C@]1(C)COC[C@@H]1O. The third kappa shape index (κ3) is 2.19. The molecule has 0 unspecified atom stereocenters. The molecule has 1 rings (SSSR count). The van der Waals surface area contributed by atoms with Gasteiger partial charge in [-0.2, -0.15) is 0 Å². The van der Waals surface area contributed by atoms with Crippen molar-refractivity contribution in [2.75, 3.05) is 19.8 Å². The first kappa shape index (κ1) is 9.96. The van der Waals surface area contributed by atoms with Crippen LogP contribution in [0.15, 0.2) is 0 Å². The summed E-state index contributed by atoms with van der Waals surface area (Å²) in [6, 6.07) is 0. The normalized spacial score (nSPS) is 36.2. The highest BCUT2D eigenvalue weighted by Gasteiger charge is 2.38. The molecular weight excluding hydrogens is 154 g/mol. The largest absolute Gasteiger partial charge is 0.389 e. The Morgan fingerprint density at radius 1 is 1.67 bits per heavy atom. The van der Waals surface area contributed by atoms with E-state index in [9.17, 15) is 5.11 Å². The lowest BCUT2D eigenvalue weighted by atomic mass is 9.98. The summed E-state index contributed by atoms with van der Waals surface area (Å²) in [5.41, 5.74) is -0.232. The second kappa shape index (κ2) is 3.73. The average Bonchev–Trinajstić information content (AvgIpc) is 2.30. The lowest BCUT2D eigenvalue weighted by molar-refractivity contribution is 0.102. The zero-order valence-corrected chi connectivity index (χ0v) is 8.13. The molecule has 1 aliphatic heterocycles. The smallest absolute Gasteiger partial charge is 0.0974 e. The number of aliphatic hydroxyl groups is 1. The van der Waals surface area contributed by atoms with E-state index < -0.39 is 0 Å². The van der Waals surface area contributed by atoms with Crippen LogP contribution in [0.25, 0.3) is 0 Å². The van der Waals surface area contributed by atoms with Gasteiger partial charge in [-0.05, 0) is 19.4 Å². The minimum Gasteiger partial charge on any atom is -0.389 e. The molecule has 0 spiro atoms. The Labute approximate surface area is 74.1 Å². The predicted octanol–water partition coefficient (Wildman–Crippen LogP) is 0.382. The van der Waals surface area contributed by atoms with Gasteiger partial charge < -0.3 is 15.2 Å². The van der Waals surface area contributed by atoms with Crippen molar-refractivity contribution in [3.8, 4) is 0 Å². The molecule has 2 N–H and O–H groups in total. The fourth-order valence-electron chi connectivity index (χ4n) is 1.27. The monoisotopic (exact) mass is 173 g/mol. The van der Waals surface area contributed by atoms with Crippen molar-refractivity contribution in [2.24, 2.45) is 5.92 Å². The fourth-order valence-corrected chi connectivity index (χ4v) is 1.27. The topological polar surface area (TPSA) is 41.5 Å². The van der Waals surface area contributed by atoms with E-state index in [0.29, 0.717) is 19.1 Å². The molecule has 72 valence electrons. The number of aliphatic hydroxyl groups excluding tert-OH is 1. The number of nitrogens with one attached hydrogen (secondary N) is 1. The molecule has 1 fully saturated rings. The van der Waals surface area contributed by atoms with Crippen molar-refractivity contribution < 1.29 is 9.84 Å².